The molecule has 5 heteroatoms. The van der Waals surface area contributed by atoms with Crippen molar-refractivity contribution in [1.82, 2.24) is 4.90 Å². The molecule has 110 valence electrons. The number of benzene rings is 1. The van der Waals surface area contributed by atoms with Crippen LogP contribution >= 0.6 is 0 Å². The minimum atomic E-state index is -0.680. The van der Waals surface area contributed by atoms with Crippen LogP contribution in [0.3, 0.4) is 0 Å². The maximum atomic E-state index is 12.0. The average molecular weight is 277 g/mol. The Hall–Kier alpha value is -1.75. The van der Waals surface area contributed by atoms with Gasteiger partial charge in [0, 0.05) is 13.1 Å². The number of amides is 1. The van der Waals surface area contributed by atoms with Crippen molar-refractivity contribution in [2.45, 2.75) is 25.3 Å². The van der Waals surface area contributed by atoms with Crippen LogP contribution < -0.4 is 15.8 Å². The molecule has 20 heavy (non-hydrogen) atoms. The molecule has 0 bridgehead atoms. The molecule has 1 saturated heterocycles. The maximum Gasteiger partial charge on any atom is 0.243 e. The van der Waals surface area contributed by atoms with Gasteiger partial charge in [0.2, 0.25) is 5.91 Å². The molecule has 0 aliphatic carbocycles. The predicted octanol–water partition coefficient (Wildman–Crippen LogP) is 1.45. The third kappa shape index (κ3) is 2.88. The van der Waals surface area contributed by atoms with Crippen LogP contribution in [0.15, 0.2) is 24.3 Å². The lowest BCUT2D eigenvalue weighted by Gasteiger charge is -2.40. The second kappa shape index (κ2) is 6.13. The number of carbonyl (C=O) groups excluding carboxylic acids is 1. The number of para-hydroxylation sites is 2. The third-order valence-corrected chi connectivity index (χ3v) is 4.11. The lowest BCUT2D eigenvalue weighted by molar-refractivity contribution is -0.123. The summed E-state index contributed by atoms with van der Waals surface area (Å²) in [5.74, 6) is 0.435. The van der Waals surface area contributed by atoms with Gasteiger partial charge >= 0.3 is 0 Å². The van der Waals surface area contributed by atoms with Crippen LogP contribution in [0.5, 0.6) is 5.75 Å². The van der Waals surface area contributed by atoms with Gasteiger partial charge in [-0.3, -0.25) is 4.79 Å². The highest BCUT2D eigenvalue weighted by Gasteiger charge is 2.40. The molecule has 0 radical (unpaired) electrons. The van der Waals surface area contributed by atoms with Gasteiger partial charge in [0.25, 0.3) is 0 Å². The highest BCUT2D eigenvalue weighted by Crippen LogP contribution is 2.31. The number of anilines is 1. The number of primary amides is 1. The molecule has 1 aliphatic rings. The standard InChI is InChI=1S/C15H23N3O2/c1-3-18-10-8-15(9-11-18,14(16)19)17-12-6-4-5-7-13(12)20-2/h4-7,17H,3,8-11H2,1-2H3,(H2,16,19). The zero-order valence-electron chi connectivity index (χ0n) is 12.2. The van der Waals surface area contributed by atoms with E-state index in [9.17, 15) is 4.79 Å². The number of nitrogens with one attached hydrogen (secondary N) is 1. The Morgan fingerprint density at radius 3 is 2.60 bits per heavy atom. The Balaban J connectivity index is 2.20. The molecule has 0 atom stereocenters. The fourth-order valence-electron chi connectivity index (χ4n) is 2.69. The number of nitrogens with two attached hydrogens (primary N) is 1. The van der Waals surface area contributed by atoms with E-state index in [4.69, 9.17) is 10.5 Å². The summed E-state index contributed by atoms with van der Waals surface area (Å²) in [5, 5.41) is 3.33. The molecule has 1 fully saturated rings. The molecule has 2 rings (SSSR count). The zero-order valence-corrected chi connectivity index (χ0v) is 12.2. The van der Waals surface area contributed by atoms with Crippen molar-refractivity contribution >= 4 is 11.6 Å². The Labute approximate surface area is 120 Å². The van der Waals surface area contributed by atoms with Gasteiger partial charge in [-0.2, -0.15) is 0 Å². The van der Waals surface area contributed by atoms with Gasteiger partial charge in [-0.1, -0.05) is 19.1 Å². The van der Waals surface area contributed by atoms with E-state index < -0.39 is 5.54 Å². The van der Waals surface area contributed by atoms with Crippen LogP contribution in [-0.2, 0) is 4.79 Å². The fraction of sp³-hybridized carbons (Fsp3) is 0.533. The average Bonchev–Trinajstić information content (AvgIpc) is 2.48. The van der Waals surface area contributed by atoms with Crippen molar-refractivity contribution in [2.75, 3.05) is 32.1 Å². The predicted molar refractivity (Wildman–Crippen MR) is 79.9 cm³/mol. The van der Waals surface area contributed by atoms with Crippen LogP contribution in [0.1, 0.15) is 19.8 Å². The molecule has 1 aromatic rings. The summed E-state index contributed by atoms with van der Waals surface area (Å²) in [5.41, 5.74) is 5.81. The van der Waals surface area contributed by atoms with Crippen molar-refractivity contribution in [3.8, 4) is 5.75 Å². The highest BCUT2D eigenvalue weighted by atomic mass is 16.5. The van der Waals surface area contributed by atoms with E-state index in [0.717, 1.165) is 31.1 Å². The number of ether oxygens (including phenoxy) is 1. The Morgan fingerprint density at radius 1 is 1.40 bits per heavy atom. The number of hydrogen-bond donors (Lipinski definition) is 2. The molecule has 1 heterocycles. The number of methoxy groups -OCH3 is 1. The van der Waals surface area contributed by atoms with E-state index >= 15 is 0 Å². The number of rotatable bonds is 5. The first kappa shape index (κ1) is 14.7. The quantitative estimate of drug-likeness (QED) is 0.855. The zero-order chi connectivity index (χ0) is 14.6. The largest absolute Gasteiger partial charge is 0.495 e. The second-order valence-electron chi connectivity index (χ2n) is 5.21. The molecule has 1 aliphatic heterocycles. The fourth-order valence-corrected chi connectivity index (χ4v) is 2.69. The van der Waals surface area contributed by atoms with Gasteiger partial charge in [0.1, 0.15) is 11.3 Å². The number of hydrogen-bond acceptors (Lipinski definition) is 4. The molecule has 5 nitrogen and oxygen atoms in total. The lowest BCUT2D eigenvalue weighted by Crippen LogP contribution is -2.57. The van der Waals surface area contributed by atoms with Crippen molar-refractivity contribution in [3.63, 3.8) is 0 Å². The SMILES string of the molecule is CCN1CCC(Nc2ccccc2OC)(C(N)=O)CC1. The van der Waals surface area contributed by atoms with Gasteiger partial charge in [-0.25, -0.2) is 0 Å². The van der Waals surface area contributed by atoms with E-state index in [2.05, 4.69) is 17.1 Å². The van der Waals surface area contributed by atoms with Crippen molar-refractivity contribution < 1.29 is 9.53 Å². The summed E-state index contributed by atoms with van der Waals surface area (Å²) in [6.07, 6.45) is 1.43. The minimum Gasteiger partial charge on any atom is -0.495 e. The molecular weight excluding hydrogens is 254 g/mol. The van der Waals surface area contributed by atoms with Gasteiger partial charge in [-0.15, -0.1) is 0 Å². The molecule has 1 amide bonds. The lowest BCUT2D eigenvalue weighted by atomic mass is 9.86. The van der Waals surface area contributed by atoms with E-state index in [1.165, 1.54) is 0 Å². The Morgan fingerprint density at radius 2 is 2.05 bits per heavy atom. The molecular formula is C15H23N3O2. The van der Waals surface area contributed by atoms with Gasteiger partial charge in [0.15, 0.2) is 0 Å². The van der Waals surface area contributed by atoms with E-state index in [1.807, 2.05) is 24.3 Å². The van der Waals surface area contributed by atoms with Gasteiger partial charge in [0.05, 0.1) is 12.8 Å². The van der Waals surface area contributed by atoms with Gasteiger partial charge in [-0.05, 0) is 31.5 Å². The summed E-state index contributed by atoms with van der Waals surface area (Å²) in [4.78, 5) is 14.3. The number of likely N-dealkylation sites (tertiary alicyclic amines) is 1. The maximum absolute atomic E-state index is 12.0. The van der Waals surface area contributed by atoms with Crippen LogP contribution in [0.25, 0.3) is 0 Å². The summed E-state index contributed by atoms with van der Waals surface area (Å²) in [6, 6.07) is 7.61. The highest BCUT2D eigenvalue weighted by molar-refractivity contribution is 5.88. The first-order valence-electron chi connectivity index (χ1n) is 7.05. The monoisotopic (exact) mass is 277 g/mol. The second-order valence-corrected chi connectivity index (χ2v) is 5.21. The van der Waals surface area contributed by atoms with Crippen molar-refractivity contribution in [3.05, 3.63) is 24.3 Å². The number of nitrogens with zero attached hydrogens (tertiary/aromatic N) is 1. The van der Waals surface area contributed by atoms with Crippen molar-refractivity contribution in [2.24, 2.45) is 5.73 Å². The first-order chi connectivity index (χ1) is 9.61. The Bertz CT molecular complexity index is 468. The Kier molecular flexibility index (Phi) is 4.49. The number of piperidine rings is 1. The van der Waals surface area contributed by atoms with Crippen LogP contribution in [0.4, 0.5) is 5.69 Å². The van der Waals surface area contributed by atoms with Crippen LogP contribution in [0, 0.1) is 0 Å². The van der Waals surface area contributed by atoms with E-state index in [1.54, 1.807) is 7.11 Å². The molecule has 3 N–H and O–H groups in total. The topological polar surface area (TPSA) is 67.6 Å². The minimum absolute atomic E-state index is 0.292. The van der Waals surface area contributed by atoms with Crippen LogP contribution in [0.2, 0.25) is 0 Å². The summed E-state index contributed by atoms with van der Waals surface area (Å²) in [6.45, 7) is 4.89. The first-order valence-corrected chi connectivity index (χ1v) is 7.05. The number of carbonyl (C=O) groups is 1. The molecule has 0 spiro atoms. The van der Waals surface area contributed by atoms with E-state index in [0.29, 0.717) is 12.8 Å². The van der Waals surface area contributed by atoms with E-state index in [-0.39, 0.29) is 5.91 Å². The summed E-state index contributed by atoms with van der Waals surface area (Å²) in [7, 11) is 1.62. The van der Waals surface area contributed by atoms with Crippen molar-refractivity contribution in [1.29, 1.82) is 0 Å². The smallest absolute Gasteiger partial charge is 0.243 e. The molecule has 0 unspecified atom stereocenters. The summed E-state index contributed by atoms with van der Waals surface area (Å²) < 4.78 is 5.33. The molecule has 1 aromatic carbocycles. The molecule has 0 aromatic heterocycles. The summed E-state index contributed by atoms with van der Waals surface area (Å²) >= 11 is 0. The van der Waals surface area contributed by atoms with Crippen LogP contribution in [-0.4, -0.2) is 43.1 Å². The normalized spacial score (nSPS) is 18.5. The molecule has 0 saturated carbocycles. The third-order valence-electron chi connectivity index (χ3n) is 4.11. The van der Waals surface area contributed by atoms with Gasteiger partial charge < -0.3 is 20.7 Å².